The average molecular weight is 389 g/mol. The molecule has 7 heteroatoms. The molecule has 126 valence electrons. The monoisotopic (exact) mass is 388 g/mol. The largest absolute Gasteiger partial charge is 0.356 e. The number of anilines is 3. The van der Waals surface area contributed by atoms with Crippen LogP contribution in [0.2, 0.25) is 0 Å². The third-order valence-electron chi connectivity index (χ3n) is 4.66. The second-order valence-electron chi connectivity index (χ2n) is 6.22. The molecule has 0 unspecified atom stereocenters. The van der Waals surface area contributed by atoms with Crippen molar-refractivity contribution in [3.8, 4) is 0 Å². The lowest BCUT2D eigenvalue weighted by molar-refractivity contribution is 0.634. The molecule has 0 N–H and O–H groups in total. The molecule has 2 aliphatic rings. The van der Waals surface area contributed by atoms with Crippen LogP contribution >= 0.6 is 15.9 Å². The number of aromatic nitrogens is 3. The van der Waals surface area contributed by atoms with Gasteiger partial charge in [-0.2, -0.15) is 4.98 Å². The van der Waals surface area contributed by atoms with Crippen LogP contribution in [0.25, 0.3) is 0 Å². The number of piperazine rings is 1. The van der Waals surface area contributed by atoms with Crippen molar-refractivity contribution in [2.24, 2.45) is 0 Å². The van der Waals surface area contributed by atoms with Crippen molar-refractivity contribution in [1.29, 1.82) is 0 Å². The van der Waals surface area contributed by atoms with E-state index in [4.69, 9.17) is 4.98 Å². The van der Waals surface area contributed by atoms with Gasteiger partial charge in [0.1, 0.15) is 11.6 Å². The van der Waals surface area contributed by atoms with E-state index in [1.165, 1.54) is 12.8 Å². The van der Waals surface area contributed by atoms with E-state index in [0.717, 1.165) is 61.3 Å². The Labute approximate surface area is 150 Å². The molecule has 0 atom stereocenters. The minimum absolute atomic E-state index is 0.850. The van der Waals surface area contributed by atoms with Crippen LogP contribution in [0, 0.1) is 0 Å². The molecule has 0 radical (unpaired) electrons. The van der Waals surface area contributed by atoms with Crippen LogP contribution in [0.4, 0.5) is 17.6 Å². The summed E-state index contributed by atoms with van der Waals surface area (Å²) in [6.45, 7) is 5.93. The molecule has 2 saturated heterocycles. The summed E-state index contributed by atoms with van der Waals surface area (Å²) in [5, 5.41) is 0. The summed E-state index contributed by atoms with van der Waals surface area (Å²) < 4.78 is 1.01. The topological polar surface area (TPSA) is 48.4 Å². The summed E-state index contributed by atoms with van der Waals surface area (Å²) in [6.07, 6.45) is 6.26. The molecule has 0 amide bonds. The van der Waals surface area contributed by atoms with Crippen LogP contribution in [0.5, 0.6) is 0 Å². The van der Waals surface area contributed by atoms with Crippen LogP contribution in [0.15, 0.2) is 35.1 Å². The molecule has 0 spiro atoms. The van der Waals surface area contributed by atoms with Gasteiger partial charge < -0.3 is 14.7 Å². The Kier molecular flexibility index (Phi) is 4.51. The van der Waals surface area contributed by atoms with Gasteiger partial charge in [-0.3, -0.25) is 0 Å². The molecule has 24 heavy (non-hydrogen) atoms. The Morgan fingerprint density at radius 3 is 2.17 bits per heavy atom. The van der Waals surface area contributed by atoms with Gasteiger partial charge in [-0.25, -0.2) is 9.97 Å². The first kappa shape index (κ1) is 15.6. The molecule has 2 aromatic heterocycles. The molecular formula is C17H21BrN6. The van der Waals surface area contributed by atoms with Crippen molar-refractivity contribution in [3.05, 3.63) is 35.1 Å². The van der Waals surface area contributed by atoms with Gasteiger partial charge in [0.25, 0.3) is 0 Å². The fraction of sp³-hybridized carbons (Fsp3) is 0.471. The molecule has 2 aromatic rings. The second kappa shape index (κ2) is 6.93. The zero-order valence-corrected chi connectivity index (χ0v) is 15.2. The lowest BCUT2D eigenvalue weighted by Crippen LogP contribution is -2.47. The lowest BCUT2D eigenvalue weighted by atomic mass is 10.3. The third-order valence-corrected chi connectivity index (χ3v) is 5.13. The van der Waals surface area contributed by atoms with E-state index in [2.05, 4.69) is 46.7 Å². The predicted octanol–water partition coefficient (Wildman–Crippen LogP) is 2.56. The van der Waals surface area contributed by atoms with E-state index in [9.17, 15) is 0 Å². The van der Waals surface area contributed by atoms with Crippen LogP contribution in [0.1, 0.15) is 12.8 Å². The summed E-state index contributed by atoms with van der Waals surface area (Å²) in [7, 11) is 0. The van der Waals surface area contributed by atoms with Gasteiger partial charge in [-0.1, -0.05) is 0 Å². The predicted molar refractivity (Wildman–Crippen MR) is 99.8 cm³/mol. The van der Waals surface area contributed by atoms with Crippen molar-refractivity contribution < 1.29 is 0 Å². The van der Waals surface area contributed by atoms with Gasteiger partial charge in [0.2, 0.25) is 5.95 Å². The maximum Gasteiger partial charge on any atom is 0.227 e. The first-order valence-electron chi connectivity index (χ1n) is 8.49. The smallest absolute Gasteiger partial charge is 0.227 e. The van der Waals surface area contributed by atoms with Crippen molar-refractivity contribution in [1.82, 2.24) is 15.0 Å². The number of nitrogens with zero attached hydrogens (tertiary/aromatic N) is 6. The third kappa shape index (κ3) is 3.31. The quantitative estimate of drug-likeness (QED) is 0.804. The summed E-state index contributed by atoms with van der Waals surface area (Å²) >= 11 is 3.43. The minimum Gasteiger partial charge on any atom is -0.356 e. The van der Waals surface area contributed by atoms with Gasteiger partial charge in [-0.05, 0) is 47.0 Å². The lowest BCUT2D eigenvalue weighted by Gasteiger charge is -2.35. The molecule has 0 bridgehead atoms. The molecule has 4 heterocycles. The fourth-order valence-electron chi connectivity index (χ4n) is 3.30. The highest BCUT2D eigenvalue weighted by atomic mass is 79.9. The van der Waals surface area contributed by atoms with Gasteiger partial charge in [0.05, 0.1) is 0 Å². The highest BCUT2D eigenvalue weighted by molar-refractivity contribution is 9.10. The number of hydrogen-bond acceptors (Lipinski definition) is 6. The Hall–Kier alpha value is -1.89. The zero-order chi connectivity index (χ0) is 16.4. The summed E-state index contributed by atoms with van der Waals surface area (Å²) in [6, 6.07) is 6.12. The highest BCUT2D eigenvalue weighted by Gasteiger charge is 2.21. The first-order chi connectivity index (χ1) is 11.8. The van der Waals surface area contributed by atoms with E-state index in [0.29, 0.717) is 0 Å². The van der Waals surface area contributed by atoms with Crippen LogP contribution in [0.3, 0.4) is 0 Å². The molecular weight excluding hydrogens is 368 g/mol. The Morgan fingerprint density at radius 2 is 1.46 bits per heavy atom. The van der Waals surface area contributed by atoms with Crippen LogP contribution in [-0.4, -0.2) is 54.2 Å². The first-order valence-corrected chi connectivity index (χ1v) is 9.28. The van der Waals surface area contributed by atoms with Crippen molar-refractivity contribution >= 4 is 33.5 Å². The summed E-state index contributed by atoms with van der Waals surface area (Å²) in [5.74, 6) is 2.95. The fourth-order valence-corrected chi connectivity index (χ4v) is 3.54. The molecule has 4 rings (SSSR count). The van der Waals surface area contributed by atoms with Crippen LogP contribution in [-0.2, 0) is 0 Å². The maximum atomic E-state index is 4.79. The number of pyridine rings is 1. The summed E-state index contributed by atoms with van der Waals surface area (Å²) in [4.78, 5) is 20.7. The van der Waals surface area contributed by atoms with Gasteiger partial charge in [0, 0.05) is 56.1 Å². The second-order valence-corrected chi connectivity index (χ2v) is 7.13. The Balaban J connectivity index is 1.42. The van der Waals surface area contributed by atoms with Crippen molar-refractivity contribution in [2.75, 3.05) is 54.0 Å². The SMILES string of the molecule is Brc1ccc(N2CCN(c3nccc(N4CCCC4)n3)CC2)nc1. The zero-order valence-electron chi connectivity index (χ0n) is 13.6. The Bertz CT molecular complexity index is 678. The summed E-state index contributed by atoms with van der Waals surface area (Å²) in [5.41, 5.74) is 0. The molecule has 0 aromatic carbocycles. The standard InChI is InChI=1S/C17H21BrN6/c18-14-3-4-15(20-13-14)23-9-11-24(12-10-23)17-19-6-5-16(21-17)22-7-1-2-8-22/h3-6,13H,1-2,7-12H2. The molecule has 0 aliphatic carbocycles. The van der Waals surface area contributed by atoms with Gasteiger partial charge in [-0.15, -0.1) is 0 Å². The molecule has 2 fully saturated rings. The van der Waals surface area contributed by atoms with E-state index in [1.807, 2.05) is 24.5 Å². The van der Waals surface area contributed by atoms with Gasteiger partial charge >= 0.3 is 0 Å². The van der Waals surface area contributed by atoms with Crippen LogP contribution < -0.4 is 14.7 Å². The van der Waals surface area contributed by atoms with E-state index < -0.39 is 0 Å². The number of rotatable bonds is 3. The average Bonchev–Trinajstić information content (AvgIpc) is 3.17. The van der Waals surface area contributed by atoms with E-state index >= 15 is 0 Å². The normalized spacial score (nSPS) is 18.3. The Morgan fingerprint density at radius 1 is 0.750 bits per heavy atom. The highest BCUT2D eigenvalue weighted by Crippen LogP contribution is 2.21. The molecule has 0 saturated carbocycles. The van der Waals surface area contributed by atoms with Crippen molar-refractivity contribution in [2.45, 2.75) is 12.8 Å². The van der Waals surface area contributed by atoms with E-state index in [-0.39, 0.29) is 0 Å². The van der Waals surface area contributed by atoms with E-state index in [1.54, 1.807) is 0 Å². The number of hydrogen-bond donors (Lipinski definition) is 0. The number of halogens is 1. The maximum absolute atomic E-state index is 4.79. The van der Waals surface area contributed by atoms with Gasteiger partial charge in [0.15, 0.2) is 0 Å². The molecule has 6 nitrogen and oxygen atoms in total. The molecule has 2 aliphatic heterocycles. The van der Waals surface area contributed by atoms with Crippen molar-refractivity contribution in [3.63, 3.8) is 0 Å². The minimum atomic E-state index is 0.850.